The second-order valence-electron chi connectivity index (χ2n) is 11.9. The van der Waals surface area contributed by atoms with Crippen molar-refractivity contribution in [3.8, 4) is 5.75 Å². The summed E-state index contributed by atoms with van der Waals surface area (Å²) in [6, 6.07) is 6.58. The summed E-state index contributed by atoms with van der Waals surface area (Å²) in [6.45, 7) is 3.19. The third kappa shape index (κ3) is 4.57. The molecule has 15 nitrogen and oxygen atoms in total. The fourth-order valence-corrected chi connectivity index (χ4v) is 7.23. The lowest BCUT2D eigenvalue weighted by molar-refractivity contribution is -0.384. The van der Waals surface area contributed by atoms with E-state index in [2.05, 4.69) is 5.32 Å². The number of carbonyl (C=O) groups is 6. The van der Waals surface area contributed by atoms with E-state index in [-0.39, 0.29) is 16.8 Å². The molecule has 236 valence electrons. The van der Waals surface area contributed by atoms with Crippen molar-refractivity contribution in [2.24, 2.45) is 29.4 Å². The molecule has 0 radical (unpaired) electrons. The summed E-state index contributed by atoms with van der Waals surface area (Å²) in [5.74, 6) is -14.8. The molecule has 0 aromatic heterocycles. The maximum absolute atomic E-state index is 14.2. The molecule has 8 atom stereocenters. The number of aryl methyl sites for hydroxylation is 1. The molecule has 3 aliphatic rings. The number of anilines is 1. The van der Waals surface area contributed by atoms with Crippen molar-refractivity contribution in [1.29, 1.82) is 0 Å². The zero-order chi connectivity index (χ0) is 33.3. The molecule has 0 heterocycles. The first kappa shape index (κ1) is 31.4. The number of aliphatic hydroxyl groups is 1. The number of carbonyl (C=O) groups excluding carboxylic acids is 6. The monoisotopic (exact) mass is 622 g/mol. The van der Waals surface area contributed by atoms with Gasteiger partial charge in [-0.25, -0.2) is 4.79 Å². The van der Waals surface area contributed by atoms with Gasteiger partial charge >= 0.3 is 6.09 Å². The number of primary amides is 1. The number of nitro benzene ring substituents is 1. The number of phenols is 1. The van der Waals surface area contributed by atoms with E-state index in [0.29, 0.717) is 5.56 Å². The first-order valence-corrected chi connectivity index (χ1v) is 13.9. The van der Waals surface area contributed by atoms with Crippen molar-refractivity contribution in [2.75, 3.05) is 19.4 Å². The average molecular weight is 623 g/mol. The number of amides is 2. The van der Waals surface area contributed by atoms with E-state index in [9.17, 15) is 49.1 Å². The highest BCUT2D eigenvalue weighted by atomic mass is 16.6. The third-order valence-corrected chi connectivity index (χ3v) is 9.15. The van der Waals surface area contributed by atoms with Gasteiger partial charge in [-0.2, -0.15) is 0 Å². The summed E-state index contributed by atoms with van der Waals surface area (Å²) < 4.78 is 5.80. The van der Waals surface area contributed by atoms with E-state index in [4.69, 9.17) is 10.5 Å². The number of benzene rings is 2. The van der Waals surface area contributed by atoms with Crippen LogP contribution in [0.15, 0.2) is 36.4 Å². The molecule has 2 aromatic rings. The zero-order valence-corrected chi connectivity index (χ0v) is 24.5. The van der Waals surface area contributed by atoms with Crippen molar-refractivity contribution < 1.29 is 48.6 Å². The summed E-state index contributed by atoms with van der Waals surface area (Å²) in [5.41, 5.74) is 2.03. The summed E-state index contributed by atoms with van der Waals surface area (Å²) >= 11 is 0. The standard InChI is InChI=1S/C30H30N4O11/c1-11-8-9-14(15(10-11)34(43)44)32-29(41)45-25-17-12(2)13-6-5-7-16(35)18(13)23(36)19(17)26(38)30(42)21(25)22(33(3)4)24(37)20(27(30)39)28(31)40/h5-10,12,17,19-22,25,35,42H,1-4H3,(H2,31,40)(H,32,41). The minimum atomic E-state index is -3.21. The van der Waals surface area contributed by atoms with Gasteiger partial charge in [-0.1, -0.05) is 25.1 Å². The van der Waals surface area contributed by atoms with E-state index in [1.165, 1.54) is 55.4 Å². The van der Waals surface area contributed by atoms with Crippen molar-refractivity contribution in [1.82, 2.24) is 4.90 Å². The Kier molecular flexibility index (Phi) is 7.57. The zero-order valence-electron chi connectivity index (χ0n) is 24.5. The van der Waals surface area contributed by atoms with E-state index >= 15 is 0 Å². The minimum absolute atomic E-state index is 0.227. The molecule has 3 aliphatic carbocycles. The molecule has 8 unspecified atom stereocenters. The number of rotatable bonds is 5. The molecular weight excluding hydrogens is 592 g/mol. The number of hydrogen-bond donors (Lipinski definition) is 4. The van der Waals surface area contributed by atoms with Gasteiger partial charge in [0, 0.05) is 12.0 Å². The number of aromatic hydroxyl groups is 1. The van der Waals surface area contributed by atoms with Gasteiger partial charge in [-0.15, -0.1) is 0 Å². The highest BCUT2D eigenvalue weighted by Gasteiger charge is 2.74. The normalized spacial score (nSPS) is 30.7. The number of hydrogen-bond acceptors (Lipinski definition) is 12. The summed E-state index contributed by atoms with van der Waals surface area (Å²) in [6.07, 6.45) is -3.04. The fourth-order valence-electron chi connectivity index (χ4n) is 7.23. The predicted molar refractivity (Wildman–Crippen MR) is 153 cm³/mol. The molecule has 5 N–H and O–H groups in total. The van der Waals surface area contributed by atoms with Gasteiger partial charge in [-0.05, 0) is 50.2 Å². The Hall–Kier alpha value is -5.02. The first-order chi connectivity index (χ1) is 21.0. The van der Waals surface area contributed by atoms with Gasteiger partial charge in [-0.3, -0.25) is 44.3 Å². The smallest absolute Gasteiger partial charge is 0.412 e. The van der Waals surface area contributed by atoms with Gasteiger partial charge < -0.3 is 20.7 Å². The summed E-state index contributed by atoms with van der Waals surface area (Å²) in [4.78, 5) is 93.5. The number of nitro groups is 1. The van der Waals surface area contributed by atoms with E-state index in [1.807, 2.05) is 0 Å². The van der Waals surface area contributed by atoms with Crippen molar-refractivity contribution in [3.05, 3.63) is 63.2 Å². The van der Waals surface area contributed by atoms with Crippen LogP contribution in [-0.2, 0) is 23.9 Å². The Bertz CT molecular complexity index is 1700. The topological polar surface area (TPSA) is 237 Å². The first-order valence-electron chi connectivity index (χ1n) is 13.9. The van der Waals surface area contributed by atoms with Gasteiger partial charge in [0.25, 0.3) is 5.69 Å². The fraction of sp³-hybridized carbons (Fsp3) is 0.400. The minimum Gasteiger partial charge on any atom is -0.507 e. The second-order valence-corrected chi connectivity index (χ2v) is 11.9. The highest BCUT2D eigenvalue weighted by molar-refractivity contribution is 6.32. The highest BCUT2D eigenvalue weighted by Crippen LogP contribution is 2.55. The number of likely N-dealkylation sites (N-methyl/N-ethyl adjacent to an activating group) is 1. The van der Waals surface area contributed by atoms with E-state index in [1.54, 1.807) is 13.8 Å². The second kappa shape index (κ2) is 10.9. The third-order valence-electron chi connectivity index (χ3n) is 9.15. The van der Waals surface area contributed by atoms with E-state index < -0.39 is 98.8 Å². The van der Waals surface area contributed by atoms with Crippen LogP contribution in [0.5, 0.6) is 5.75 Å². The molecule has 0 aliphatic heterocycles. The van der Waals surface area contributed by atoms with Crippen LogP contribution < -0.4 is 11.1 Å². The molecular formula is C30H30N4O11. The lowest BCUT2D eigenvalue weighted by Crippen LogP contribution is -2.78. The van der Waals surface area contributed by atoms with Crippen molar-refractivity contribution in [2.45, 2.75) is 37.5 Å². The molecule has 2 amide bonds. The number of phenolic OH excluding ortho intramolecular Hbond substituents is 1. The Morgan fingerprint density at radius 2 is 1.78 bits per heavy atom. The maximum Gasteiger partial charge on any atom is 0.412 e. The number of nitrogens with zero attached hydrogens (tertiary/aromatic N) is 2. The molecule has 0 bridgehead atoms. The van der Waals surface area contributed by atoms with Crippen LogP contribution in [0.1, 0.15) is 34.3 Å². The summed E-state index contributed by atoms with van der Waals surface area (Å²) in [5, 5.41) is 36.6. The van der Waals surface area contributed by atoms with Crippen molar-refractivity contribution in [3.63, 3.8) is 0 Å². The predicted octanol–water partition coefficient (Wildman–Crippen LogP) is 0.872. The van der Waals surface area contributed by atoms with Crippen LogP contribution in [0.25, 0.3) is 0 Å². The lowest BCUT2D eigenvalue weighted by Gasteiger charge is -2.56. The number of fused-ring (bicyclic) bond motifs is 3. The van der Waals surface area contributed by atoms with Crippen LogP contribution in [0.3, 0.4) is 0 Å². The Labute approximate surface area is 255 Å². The molecule has 2 saturated carbocycles. The number of ketones is 4. The molecule has 0 saturated heterocycles. The van der Waals surface area contributed by atoms with Gasteiger partial charge in [0.05, 0.1) is 28.4 Å². The van der Waals surface area contributed by atoms with Crippen LogP contribution in [-0.4, -0.2) is 87.0 Å². The molecule has 2 aromatic carbocycles. The molecule has 5 rings (SSSR count). The summed E-state index contributed by atoms with van der Waals surface area (Å²) in [7, 11) is 2.76. The lowest BCUT2D eigenvalue weighted by atomic mass is 9.49. The largest absolute Gasteiger partial charge is 0.507 e. The Morgan fingerprint density at radius 1 is 1.11 bits per heavy atom. The molecule has 45 heavy (non-hydrogen) atoms. The van der Waals surface area contributed by atoms with Crippen LogP contribution in [0, 0.1) is 40.7 Å². The Balaban J connectivity index is 1.71. The number of nitrogens with two attached hydrogens (primary N) is 1. The van der Waals surface area contributed by atoms with E-state index in [0.717, 1.165) is 0 Å². The SMILES string of the molecule is Cc1ccc(NC(=O)OC2C3C(C(=O)c4c(O)cccc4C3C)C(=O)C3(O)C(=O)C(C(N)=O)C(=O)C(N(C)C)C23)c([N+](=O)[O-])c1. The average Bonchev–Trinajstić information content (AvgIpc) is 2.95. The number of Topliss-reactive ketones (excluding diaryl/α,β-unsaturated/α-hetero) is 4. The van der Waals surface area contributed by atoms with Crippen LogP contribution in [0.4, 0.5) is 16.2 Å². The van der Waals surface area contributed by atoms with Crippen LogP contribution in [0.2, 0.25) is 0 Å². The van der Waals surface area contributed by atoms with Gasteiger partial charge in [0.1, 0.15) is 17.5 Å². The van der Waals surface area contributed by atoms with Gasteiger partial charge in [0.2, 0.25) is 5.91 Å². The quantitative estimate of drug-likeness (QED) is 0.206. The number of nitrogens with one attached hydrogen (secondary N) is 1. The van der Waals surface area contributed by atoms with Crippen LogP contribution >= 0.6 is 0 Å². The molecule has 2 fully saturated rings. The molecule has 0 spiro atoms. The maximum atomic E-state index is 14.2. The Morgan fingerprint density at radius 3 is 2.38 bits per heavy atom. The van der Waals surface area contributed by atoms with Crippen molar-refractivity contribution >= 4 is 46.5 Å². The number of ether oxygens (including phenoxy) is 1. The van der Waals surface area contributed by atoms with Gasteiger partial charge in [0.15, 0.2) is 34.7 Å². The molecule has 15 heteroatoms.